The minimum atomic E-state index is -1.02. The molecular formula is C12H10N2O3. The number of hydrogen-bond donors (Lipinski definition) is 1. The molecule has 1 aliphatic heterocycles. The number of rotatable bonds is 2. The standard InChI is InChI=1S/C12H10N2O3/c13-7-8-2-1-3-9(6-8)14-10(12(16)17)4-5-11(14)15/h1-3,6,10H,4-5H2,(H,16,17)/t10-/m0/s1. The van der Waals surface area contributed by atoms with E-state index in [1.54, 1.807) is 18.2 Å². The molecule has 86 valence electrons. The van der Waals surface area contributed by atoms with Crippen molar-refractivity contribution in [3.05, 3.63) is 29.8 Å². The third-order valence-electron chi connectivity index (χ3n) is 2.75. The van der Waals surface area contributed by atoms with E-state index in [-0.39, 0.29) is 12.3 Å². The highest BCUT2D eigenvalue weighted by molar-refractivity contribution is 6.02. The first-order valence-electron chi connectivity index (χ1n) is 5.18. The van der Waals surface area contributed by atoms with Crippen LogP contribution in [0.15, 0.2) is 24.3 Å². The third-order valence-corrected chi connectivity index (χ3v) is 2.75. The molecule has 1 atom stereocenters. The van der Waals surface area contributed by atoms with Crippen LogP contribution in [0.3, 0.4) is 0 Å². The Kier molecular flexibility index (Phi) is 2.79. The molecule has 2 rings (SSSR count). The first-order chi connectivity index (χ1) is 8.13. The van der Waals surface area contributed by atoms with Gasteiger partial charge < -0.3 is 5.11 Å². The summed E-state index contributed by atoms with van der Waals surface area (Å²) in [7, 11) is 0. The number of aliphatic carboxylic acids is 1. The maximum Gasteiger partial charge on any atom is 0.326 e. The molecule has 5 heteroatoms. The summed E-state index contributed by atoms with van der Waals surface area (Å²) in [5.74, 6) is -1.23. The van der Waals surface area contributed by atoms with Gasteiger partial charge in [0, 0.05) is 12.1 Å². The first kappa shape index (κ1) is 11.1. The summed E-state index contributed by atoms with van der Waals surface area (Å²) in [5.41, 5.74) is 0.880. The molecule has 1 fully saturated rings. The first-order valence-corrected chi connectivity index (χ1v) is 5.18. The second kappa shape index (κ2) is 4.26. The highest BCUT2D eigenvalue weighted by Crippen LogP contribution is 2.27. The smallest absolute Gasteiger partial charge is 0.326 e. The van der Waals surface area contributed by atoms with Gasteiger partial charge in [-0.2, -0.15) is 5.26 Å². The number of benzene rings is 1. The molecule has 0 saturated carbocycles. The molecule has 0 bridgehead atoms. The summed E-state index contributed by atoms with van der Waals surface area (Å²) in [6, 6.07) is 7.56. The SMILES string of the molecule is N#Cc1cccc(N2C(=O)CC[C@H]2C(=O)O)c1. The van der Waals surface area contributed by atoms with Crippen LogP contribution in [-0.4, -0.2) is 23.0 Å². The van der Waals surface area contributed by atoms with Gasteiger partial charge in [0.2, 0.25) is 5.91 Å². The zero-order valence-electron chi connectivity index (χ0n) is 8.96. The van der Waals surface area contributed by atoms with Gasteiger partial charge in [-0.1, -0.05) is 6.07 Å². The van der Waals surface area contributed by atoms with E-state index in [0.29, 0.717) is 17.7 Å². The van der Waals surface area contributed by atoms with E-state index in [4.69, 9.17) is 10.4 Å². The fourth-order valence-corrected chi connectivity index (χ4v) is 1.97. The number of hydrogen-bond acceptors (Lipinski definition) is 3. The van der Waals surface area contributed by atoms with Gasteiger partial charge in [-0.05, 0) is 24.6 Å². The van der Waals surface area contributed by atoms with Gasteiger partial charge in [-0.3, -0.25) is 9.69 Å². The van der Waals surface area contributed by atoms with Crippen LogP contribution in [0.1, 0.15) is 18.4 Å². The van der Waals surface area contributed by atoms with Gasteiger partial charge in [0.15, 0.2) is 0 Å². The molecular weight excluding hydrogens is 220 g/mol. The number of carbonyl (C=O) groups excluding carboxylic acids is 1. The molecule has 1 saturated heterocycles. The fourth-order valence-electron chi connectivity index (χ4n) is 1.97. The second-order valence-corrected chi connectivity index (χ2v) is 3.82. The lowest BCUT2D eigenvalue weighted by Crippen LogP contribution is -2.38. The average molecular weight is 230 g/mol. The van der Waals surface area contributed by atoms with Gasteiger partial charge in [0.25, 0.3) is 0 Å². The third kappa shape index (κ3) is 1.97. The average Bonchev–Trinajstić information content (AvgIpc) is 2.71. The van der Waals surface area contributed by atoms with Crippen LogP contribution < -0.4 is 4.90 Å². The zero-order chi connectivity index (χ0) is 12.4. The van der Waals surface area contributed by atoms with E-state index in [0.717, 1.165) is 0 Å². The van der Waals surface area contributed by atoms with Crippen LogP contribution in [0.25, 0.3) is 0 Å². The summed E-state index contributed by atoms with van der Waals surface area (Å²) in [6.45, 7) is 0. The molecule has 1 heterocycles. The number of carboxylic acids is 1. The van der Waals surface area contributed by atoms with Crippen molar-refractivity contribution in [3.63, 3.8) is 0 Å². The van der Waals surface area contributed by atoms with Crippen molar-refractivity contribution < 1.29 is 14.7 Å². The normalized spacial score (nSPS) is 19.1. The predicted octanol–water partition coefficient (Wildman–Crippen LogP) is 1.14. The minimum Gasteiger partial charge on any atom is -0.480 e. The van der Waals surface area contributed by atoms with E-state index in [1.807, 2.05) is 6.07 Å². The Labute approximate surface area is 97.9 Å². The monoisotopic (exact) mass is 230 g/mol. The molecule has 0 aliphatic carbocycles. The summed E-state index contributed by atoms with van der Waals surface area (Å²) in [6.07, 6.45) is 0.540. The van der Waals surface area contributed by atoms with Crippen molar-refractivity contribution in [2.75, 3.05) is 4.90 Å². The Morgan fingerprint density at radius 1 is 1.53 bits per heavy atom. The molecule has 0 unspecified atom stereocenters. The zero-order valence-corrected chi connectivity index (χ0v) is 8.96. The van der Waals surface area contributed by atoms with E-state index in [2.05, 4.69) is 0 Å². The van der Waals surface area contributed by atoms with E-state index in [9.17, 15) is 9.59 Å². The number of nitriles is 1. The number of nitrogens with zero attached hydrogens (tertiary/aromatic N) is 2. The van der Waals surface area contributed by atoms with Crippen LogP contribution >= 0.6 is 0 Å². The van der Waals surface area contributed by atoms with Crippen LogP contribution in [0.2, 0.25) is 0 Å². The summed E-state index contributed by atoms with van der Waals surface area (Å²) >= 11 is 0. The quantitative estimate of drug-likeness (QED) is 0.825. The van der Waals surface area contributed by atoms with Crippen LogP contribution in [-0.2, 0) is 9.59 Å². The van der Waals surface area contributed by atoms with Gasteiger partial charge in [0.05, 0.1) is 11.6 Å². The Balaban J connectivity index is 2.40. The summed E-state index contributed by atoms with van der Waals surface area (Å²) in [5, 5.41) is 17.8. The molecule has 0 spiro atoms. The van der Waals surface area contributed by atoms with E-state index in [1.165, 1.54) is 11.0 Å². The molecule has 1 amide bonds. The topological polar surface area (TPSA) is 81.4 Å². The lowest BCUT2D eigenvalue weighted by atomic mass is 10.1. The van der Waals surface area contributed by atoms with E-state index < -0.39 is 12.0 Å². The van der Waals surface area contributed by atoms with Gasteiger partial charge in [-0.25, -0.2) is 4.79 Å². The van der Waals surface area contributed by atoms with Crippen LogP contribution in [0.4, 0.5) is 5.69 Å². The lowest BCUT2D eigenvalue weighted by Gasteiger charge is -2.21. The maximum absolute atomic E-state index is 11.7. The molecule has 1 aliphatic rings. The molecule has 0 aromatic heterocycles. The lowest BCUT2D eigenvalue weighted by molar-refractivity contribution is -0.138. The Morgan fingerprint density at radius 3 is 2.94 bits per heavy atom. The Morgan fingerprint density at radius 2 is 2.29 bits per heavy atom. The van der Waals surface area contributed by atoms with Crippen molar-refractivity contribution in [1.29, 1.82) is 5.26 Å². The van der Waals surface area contributed by atoms with E-state index >= 15 is 0 Å². The Hall–Kier alpha value is -2.35. The highest BCUT2D eigenvalue weighted by Gasteiger charge is 2.36. The highest BCUT2D eigenvalue weighted by atomic mass is 16.4. The fraction of sp³-hybridized carbons (Fsp3) is 0.250. The molecule has 1 aromatic rings. The van der Waals surface area contributed by atoms with Gasteiger partial charge >= 0.3 is 5.97 Å². The van der Waals surface area contributed by atoms with Gasteiger partial charge in [0.1, 0.15) is 6.04 Å². The molecule has 0 radical (unpaired) electrons. The number of anilines is 1. The van der Waals surface area contributed by atoms with Crippen LogP contribution in [0.5, 0.6) is 0 Å². The predicted molar refractivity (Wildman–Crippen MR) is 59.3 cm³/mol. The molecule has 5 nitrogen and oxygen atoms in total. The maximum atomic E-state index is 11.7. The summed E-state index contributed by atoms with van der Waals surface area (Å²) in [4.78, 5) is 23.9. The second-order valence-electron chi connectivity index (χ2n) is 3.82. The van der Waals surface area contributed by atoms with Crippen molar-refractivity contribution in [2.24, 2.45) is 0 Å². The van der Waals surface area contributed by atoms with Gasteiger partial charge in [-0.15, -0.1) is 0 Å². The summed E-state index contributed by atoms with van der Waals surface area (Å²) < 4.78 is 0. The minimum absolute atomic E-state index is 0.215. The number of carboxylic acid groups (broad SMARTS) is 1. The number of carbonyl (C=O) groups is 2. The van der Waals surface area contributed by atoms with Crippen molar-refractivity contribution in [3.8, 4) is 6.07 Å². The molecule has 1 N–H and O–H groups in total. The molecule has 1 aromatic carbocycles. The Bertz CT molecular complexity index is 519. The largest absolute Gasteiger partial charge is 0.480 e. The van der Waals surface area contributed by atoms with Crippen molar-refractivity contribution in [2.45, 2.75) is 18.9 Å². The van der Waals surface area contributed by atoms with Crippen molar-refractivity contribution in [1.82, 2.24) is 0 Å². The molecule has 17 heavy (non-hydrogen) atoms. The van der Waals surface area contributed by atoms with Crippen molar-refractivity contribution >= 4 is 17.6 Å². The number of amides is 1. The van der Waals surface area contributed by atoms with Crippen LogP contribution in [0, 0.1) is 11.3 Å².